The van der Waals surface area contributed by atoms with E-state index in [9.17, 15) is 0 Å². The predicted octanol–water partition coefficient (Wildman–Crippen LogP) is 5.52. The summed E-state index contributed by atoms with van der Waals surface area (Å²) in [6.45, 7) is 22.2. The predicted molar refractivity (Wildman–Crippen MR) is 115 cm³/mol. The van der Waals surface area contributed by atoms with Crippen molar-refractivity contribution in [3.63, 3.8) is 0 Å². The van der Waals surface area contributed by atoms with Crippen molar-refractivity contribution >= 4 is 11.8 Å². The molecule has 0 bridgehead atoms. The molecule has 0 N–H and O–H groups in total. The van der Waals surface area contributed by atoms with Crippen LogP contribution in [0.25, 0.3) is 0 Å². The van der Waals surface area contributed by atoms with E-state index in [1.54, 1.807) is 0 Å². The van der Waals surface area contributed by atoms with Crippen LogP contribution in [0.4, 0.5) is 0 Å². The van der Waals surface area contributed by atoms with Gasteiger partial charge in [-0.05, 0) is 64.3 Å². The standard InChI is InChI=1S/C22H44N2S/c1-8-20-14-24(18(4)5)15-21(25-20)13-19(6)23-12-10-9-11-22(7,16-23)17(2)3/h17-21H,8-16H2,1-7H3/t19?,20?,21?,22-/m1/s1. The number of rotatable bonds is 6. The third-order valence-corrected chi connectivity index (χ3v) is 8.67. The Hall–Kier alpha value is 0.270. The van der Waals surface area contributed by atoms with Crippen molar-refractivity contribution in [1.29, 1.82) is 0 Å². The molecule has 25 heavy (non-hydrogen) atoms. The summed E-state index contributed by atoms with van der Waals surface area (Å²) in [4.78, 5) is 5.56. The number of thioether (sulfide) groups is 1. The van der Waals surface area contributed by atoms with Crippen LogP contribution in [0.2, 0.25) is 0 Å². The molecular formula is C22H44N2S. The molecule has 0 spiro atoms. The van der Waals surface area contributed by atoms with Gasteiger partial charge < -0.3 is 4.90 Å². The summed E-state index contributed by atoms with van der Waals surface area (Å²) in [5.74, 6) is 0.783. The average molecular weight is 369 g/mol. The second-order valence-electron chi connectivity index (χ2n) is 9.66. The van der Waals surface area contributed by atoms with E-state index in [-0.39, 0.29) is 0 Å². The average Bonchev–Trinajstić information content (AvgIpc) is 2.77. The lowest BCUT2D eigenvalue weighted by Crippen LogP contribution is -2.48. The van der Waals surface area contributed by atoms with Gasteiger partial charge in [-0.1, -0.05) is 34.1 Å². The van der Waals surface area contributed by atoms with Gasteiger partial charge in [0.25, 0.3) is 0 Å². The molecule has 4 atom stereocenters. The van der Waals surface area contributed by atoms with Crippen LogP contribution in [0.3, 0.4) is 0 Å². The lowest BCUT2D eigenvalue weighted by molar-refractivity contribution is 0.0961. The van der Waals surface area contributed by atoms with Crippen molar-refractivity contribution in [3.05, 3.63) is 0 Å². The van der Waals surface area contributed by atoms with Crippen LogP contribution in [0, 0.1) is 11.3 Å². The normalized spacial score (nSPS) is 34.4. The third kappa shape index (κ3) is 5.87. The molecule has 2 aliphatic heterocycles. The zero-order chi connectivity index (χ0) is 18.6. The molecule has 2 fully saturated rings. The van der Waals surface area contributed by atoms with E-state index in [1.165, 1.54) is 58.3 Å². The van der Waals surface area contributed by atoms with Crippen LogP contribution >= 0.6 is 11.8 Å². The van der Waals surface area contributed by atoms with Crippen LogP contribution in [-0.2, 0) is 0 Å². The second kappa shape index (κ2) is 9.46. The number of hydrogen-bond acceptors (Lipinski definition) is 3. The Labute approximate surface area is 162 Å². The molecule has 2 aliphatic rings. The Morgan fingerprint density at radius 3 is 2.28 bits per heavy atom. The lowest BCUT2D eigenvalue weighted by atomic mass is 9.75. The summed E-state index contributed by atoms with van der Waals surface area (Å²) in [6.07, 6.45) is 6.88. The zero-order valence-electron chi connectivity index (χ0n) is 18.1. The minimum atomic E-state index is 0.500. The van der Waals surface area contributed by atoms with Crippen molar-refractivity contribution in [2.45, 2.75) is 103 Å². The summed E-state index contributed by atoms with van der Waals surface area (Å²) < 4.78 is 0. The maximum Gasteiger partial charge on any atom is 0.0193 e. The van der Waals surface area contributed by atoms with Crippen LogP contribution in [0.5, 0.6) is 0 Å². The molecular weight excluding hydrogens is 324 g/mol. The Morgan fingerprint density at radius 2 is 1.68 bits per heavy atom. The number of nitrogens with zero attached hydrogens (tertiary/aromatic N) is 2. The van der Waals surface area contributed by atoms with E-state index in [0.717, 1.165) is 22.5 Å². The van der Waals surface area contributed by atoms with Gasteiger partial charge in [-0.3, -0.25) is 4.90 Å². The van der Waals surface area contributed by atoms with Gasteiger partial charge in [0.2, 0.25) is 0 Å². The molecule has 0 aromatic carbocycles. The molecule has 0 aliphatic carbocycles. The summed E-state index contributed by atoms with van der Waals surface area (Å²) in [5.41, 5.74) is 0.500. The smallest absolute Gasteiger partial charge is 0.0193 e. The highest BCUT2D eigenvalue weighted by Gasteiger charge is 2.35. The molecule has 0 saturated carbocycles. The number of hydrogen-bond donors (Lipinski definition) is 0. The fourth-order valence-electron chi connectivity index (χ4n) is 4.58. The monoisotopic (exact) mass is 368 g/mol. The minimum absolute atomic E-state index is 0.500. The van der Waals surface area contributed by atoms with E-state index < -0.39 is 0 Å². The van der Waals surface area contributed by atoms with E-state index in [1.807, 2.05) is 0 Å². The Kier molecular flexibility index (Phi) is 8.16. The van der Waals surface area contributed by atoms with Gasteiger partial charge in [0, 0.05) is 42.2 Å². The minimum Gasteiger partial charge on any atom is -0.300 e. The van der Waals surface area contributed by atoms with E-state index >= 15 is 0 Å². The highest BCUT2D eigenvalue weighted by Crippen LogP contribution is 2.38. The fourth-order valence-corrected chi connectivity index (χ4v) is 6.26. The molecule has 3 unspecified atom stereocenters. The van der Waals surface area contributed by atoms with Crippen molar-refractivity contribution in [3.8, 4) is 0 Å². The molecule has 2 saturated heterocycles. The van der Waals surface area contributed by atoms with Crippen LogP contribution in [0.1, 0.15) is 80.6 Å². The number of likely N-dealkylation sites (tertiary alicyclic amines) is 1. The van der Waals surface area contributed by atoms with Crippen molar-refractivity contribution < 1.29 is 0 Å². The van der Waals surface area contributed by atoms with Gasteiger partial charge in [-0.2, -0.15) is 11.8 Å². The lowest BCUT2D eigenvalue weighted by Gasteiger charge is -2.43. The van der Waals surface area contributed by atoms with Crippen LogP contribution < -0.4 is 0 Å². The Balaban J connectivity index is 1.98. The molecule has 0 aromatic heterocycles. The third-order valence-electron chi connectivity index (χ3n) is 7.08. The van der Waals surface area contributed by atoms with Gasteiger partial charge >= 0.3 is 0 Å². The van der Waals surface area contributed by atoms with Gasteiger partial charge in [0.05, 0.1) is 0 Å². The SMILES string of the molecule is CCC1CN(C(C)C)CC(CC(C)N2CCCC[C@@](C)(C(C)C)C2)S1. The first-order valence-electron chi connectivity index (χ1n) is 10.9. The highest BCUT2D eigenvalue weighted by atomic mass is 32.2. The summed E-state index contributed by atoms with van der Waals surface area (Å²) in [7, 11) is 0. The molecule has 2 heterocycles. The summed E-state index contributed by atoms with van der Waals surface area (Å²) >= 11 is 2.29. The van der Waals surface area contributed by atoms with Crippen molar-refractivity contribution in [2.24, 2.45) is 11.3 Å². The molecule has 3 heteroatoms. The Morgan fingerprint density at radius 1 is 1.00 bits per heavy atom. The maximum atomic E-state index is 2.84. The van der Waals surface area contributed by atoms with Crippen LogP contribution in [-0.4, -0.2) is 58.6 Å². The molecule has 2 nitrogen and oxygen atoms in total. The zero-order valence-corrected chi connectivity index (χ0v) is 18.9. The van der Waals surface area contributed by atoms with Crippen molar-refractivity contribution in [1.82, 2.24) is 9.80 Å². The molecule has 0 radical (unpaired) electrons. The molecule has 0 aromatic rings. The van der Waals surface area contributed by atoms with E-state index in [2.05, 4.69) is 70.0 Å². The van der Waals surface area contributed by atoms with Gasteiger partial charge in [0.1, 0.15) is 0 Å². The van der Waals surface area contributed by atoms with Crippen LogP contribution in [0.15, 0.2) is 0 Å². The van der Waals surface area contributed by atoms with Gasteiger partial charge in [-0.25, -0.2) is 0 Å². The maximum absolute atomic E-state index is 2.84. The highest BCUT2D eigenvalue weighted by molar-refractivity contribution is 8.00. The first kappa shape index (κ1) is 21.6. The van der Waals surface area contributed by atoms with Gasteiger partial charge in [0.15, 0.2) is 0 Å². The molecule has 0 amide bonds. The largest absolute Gasteiger partial charge is 0.300 e. The second-order valence-corrected chi connectivity index (χ2v) is 11.3. The van der Waals surface area contributed by atoms with E-state index in [4.69, 9.17) is 0 Å². The summed E-state index contributed by atoms with van der Waals surface area (Å²) in [6, 6.07) is 1.41. The topological polar surface area (TPSA) is 6.48 Å². The first-order chi connectivity index (χ1) is 11.7. The molecule has 148 valence electrons. The quantitative estimate of drug-likeness (QED) is 0.609. The summed E-state index contributed by atoms with van der Waals surface area (Å²) in [5, 5.41) is 1.64. The van der Waals surface area contributed by atoms with E-state index in [0.29, 0.717) is 11.5 Å². The van der Waals surface area contributed by atoms with Gasteiger partial charge in [-0.15, -0.1) is 0 Å². The van der Waals surface area contributed by atoms with Crippen molar-refractivity contribution in [2.75, 3.05) is 26.2 Å². The first-order valence-corrected chi connectivity index (χ1v) is 11.8. The fraction of sp³-hybridized carbons (Fsp3) is 1.00. The Bertz CT molecular complexity index is 397. The molecule has 2 rings (SSSR count).